The first-order valence-corrected chi connectivity index (χ1v) is 8.75. The number of hydrogen-bond donors (Lipinski definition) is 2. The summed E-state index contributed by atoms with van der Waals surface area (Å²) in [7, 11) is 2.12. The first-order chi connectivity index (χ1) is 11.3. The van der Waals surface area contributed by atoms with Crippen LogP contribution in [0.15, 0.2) is 63.9 Å². The van der Waals surface area contributed by atoms with E-state index < -0.39 is 21.4 Å². The van der Waals surface area contributed by atoms with Crippen molar-refractivity contribution in [2.45, 2.75) is 10.5 Å². The van der Waals surface area contributed by atoms with Crippen molar-refractivity contribution in [1.29, 1.82) is 0 Å². The van der Waals surface area contributed by atoms with Gasteiger partial charge in [-0.05, 0) is 23.3 Å². The number of benzene rings is 2. The van der Waals surface area contributed by atoms with Crippen molar-refractivity contribution in [2.75, 3.05) is 21.1 Å². The van der Waals surface area contributed by atoms with Gasteiger partial charge in [-0.25, -0.2) is 12.9 Å². The molecule has 0 saturated heterocycles. The van der Waals surface area contributed by atoms with Crippen molar-refractivity contribution in [3.8, 4) is 0 Å². The molecule has 2 aromatic carbocycles. The van der Waals surface area contributed by atoms with Crippen molar-refractivity contribution >= 4 is 15.8 Å². The fourth-order valence-corrected chi connectivity index (χ4v) is 3.93. The molecule has 2 unspecified atom stereocenters. The highest BCUT2D eigenvalue weighted by Gasteiger charge is 2.38. The first-order valence-electron chi connectivity index (χ1n) is 7.28. The van der Waals surface area contributed by atoms with Crippen LogP contribution >= 0.6 is 0 Å². The number of carbonyl (C=O) groups excluding carboxylic acids is 1. The molecule has 0 spiro atoms. The highest BCUT2D eigenvalue weighted by Crippen LogP contribution is 2.30. The summed E-state index contributed by atoms with van der Waals surface area (Å²) in [5.74, 6) is -0.880. The maximum Gasteiger partial charge on any atom is 0.258 e. The van der Waals surface area contributed by atoms with Gasteiger partial charge in [0, 0.05) is 21.1 Å². The lowest BCUT2D eigenvalue weighted by Crippen LogP contribution is -2.42. The zero-order valence-corrected chi connectivity index (χ0v) is 14.7. The second-order valence-electron chi connectivity index (χ2n) is 5.46. The molecule has 0 aliphatic carbocycles. The van der Waals surface area contributed by atoms with Gasteiger partial charge in [-0.2, -0.15) is 0 Å². The van der Waals surface area contributed by atoms with Gasteiger partial charge in [-0.3, -0.25) is 4.79 Å². The molecule has 1 amide bonds. The zero-order chi connectivity index (χ0) is 18.0. The van der Waals surface area contributed by atoms with Crippen LogP contribution in [0.2, 0.25) is 0 Å². The summed E-state index contributed by atoms with van der Waals surface area (Å²) >= 11 is 0. The van der Waals surface area contributed by atoms with Gasteiger partial charge in [0.25, 0.3) is 5.91 Å². The third-order valence-corrected chi connectivity index (χ3v) is 6.24. The molecule has 0 aliphatic heterocycles. The zero-order valence-electron chi connectivity index (χ0n) is 13.8. The predicted molar refractivity (Wildman–Crippen MR) is 93.5 cm³/mol. The van der Waals surface area contributed by atoms with E-state index >= 15 is 0 Å². The summed E-state index contributed by atoms with van der Waals surface area (Å²) in [4.78, 5) is 12.4. The molecule has 0 heterocycles. The monoisotopic (exact) mass is 347 g/mol. The summed E-state index contributed by atoms with van der Waals surface area (Å²) in [6.45, 7) is 0. The maximum atomic E-state index is 12.8. The minimum absolute atomic E-state index is 0.307. The Labute approximate surface area is 142 Å². The molecule has 0 aromatic heterocycles. The molecular formula is C17H21N3O3S. The predicted octanol–water partition coefficient (Wildman–Crippen LogP) is 1.34. The average molecular weight is 347 g/mol. The molecule has 2 atom stereocenters. The van der Waals surface area contributed by atoms with Crippen molar-refractivity contribution in [3.63, 3.8) is 0 Å². The summed E-state index contributed by atoms with van der Waals surface area (Å²) in [6.07, 6.45) is 0. The van der Waals surface area contributed by atoms with Gasteiger partial charge in [0.15, 0.2) is 5.60 Å². The van der Waals surface area contributed by atoms with Crippen molar-refractivity contribution < 1.29 is 14.1 Å². The average Bonchev–Trinajstić information content (AvgIpc) is 2.60. The number of amides is 1. The van der Waals surface area contributed by atoms with Crippen LogP contribution in [-0.2, 0) is 20.3 Å². The second kappa shape index (κ2) is 6.72. The van der Waals surface area contributed by atoms with E-state index in [0.29, 0.717) is 16.0 Å². The van der Waals surface area contributed by atoms with Gasteiger partial charge >= 0.3 is 0 Å². The van der Waals surface area contributed by atoms with Gasteiger partial charge in [0.05, 0.1) is 4.90 Å². The van der Waals surface area contributed by atoms with E-state index in [9.17, 15) is 14.1 Å². The lowest BCUT2D eigenvalue weighted by molar-refractivity contribution is -0.133. The van der Waals surface area contributed by atoms with Crippen LogP contribution in [0.5, 0.6) is 0 Å². The number of rotatable bonds is 5. The Hall–Kier alpha value is -2.22. The third-order valence-electron chi connectivity index (χ3n) is 3.87. The molecule has 6 nitrogen and oxygen atoms in total. The molecule has 2 rings (SSSR count). The summed E-state index contributed by atoms with van der Waals surface area (Å²) in [6, 6.07) is 14.7. The molecule has 0 bridgehead atoms. The lowest BCUT2D eigenvalue weighted by Gasteiger charge is -2.26. The van der Waals surface area contributed by atoms with E-state index in [1.54, 1.807) is 68.7 Å². The van der Waals surface area contributed by atoms with Crippen molar-refractivity contribution in [3.05, 3.63) is 65.7 Å². The summed E-state index contributed by atoms with van der Waals surface area (Å²) < 4.78 is 18.3. The quantitative estimate of drug-likeness (QED) is 0.854. The van der Waals surface area contributed by atoms with Gasteiger partial charge in [-0.1, -0.05) is 42.5 Å². The van der Waals surface area contributed by atoms with Crippen LogP contribution in [0.4, 0.5) is 0 Å². The summed E-state index contributed by atoms with van der Waals surface area (Å²) in [5, 5.41) is 10.9. The molecular weight excluding hydrogens is 326 g/mol. The number of nitrogens with zero attached hydrogens (tertiary/aromatic N) is 2. The van der Waals surface area contributed by atoms with Gasteiger partial charge < -0.3 is 10.8 Å². The summed E-state index contributed by atoms with van der Waals surface area (Å²) in [5.41, 5.74) is 4.19. The third kappa shape index (κ3) is 2.93. The SMILES string of the molecule is CN=S(=O)(c1ccc(C(O)(C(N)=O)c2ccccc2)cc1)N(C)C. The molecule has 0 saturated carbocycles. The van der Waals surface area contributed by atoms with Gasteiger partial charge in [-0.15, -0.1) is 0 Å². The molecule has 24 heavy (non-hydrogen) atoms. The number of nitrogens with two attached hydrogens (primary N) is 1. The van der Waals surface area contributed by atoms with Crippen molar-refractivity contribution in [2.24, 2.45) is 10.1 Å². The molecule has 7 heteroatoms. The second-order valence-corrected chi connectivity index (χ2v) is 8.02. The van der Waals surface area contributed by atoms with E-state index in [2.05, 4.69) is 4.36 Å². The Morgan fingerprint density at radius 2 is 1.58 bits per heavy atom. The van der Waals surface area contributed by atoms with E-state index in [0.717, 1.165) is 0 Å². The van der Waals surface area contributed by atoms with E-state index in [1.165, 1.54) is 11.4 Å². The highest BCUT2D eigenvalue weighted by atomic mass is 32.2. The van der Waals surface area contributed by atoms with Crippen LogP contribution in [0.25, 0.3) is 0 Å². The smallest absolute Gasteiger partial charge is 0.258 e. The topological polar surface area (TPSA) is 96.0 Å². The number of primary amides is 1. The van der Waals surface area contributed by atoms with Crippen LogP contribution in [0.3, 0.4) is 0 Å². The van der Waals surface area contributed by atoms with Crippen LogP contribution in [0.1, 0.15) is 11.1 Å². The Morgan fingerprint density at radius 1 is 1.08 bits per heavy atom. The fraction of sp³-hybridized carbons (Fsp3) is 0.235. The Balaban J connectivity index is 2.57. The fourth-order valence-electron chi connectivity index (χ4n) is 2.48. The normalized spacial score (nSPS) is 16.2. The van der Waals surface area contributed by atoms with Crippen LogP contribution < -0.4 is 5.73 Å². The Morgan fingerprint density at radius 3 is 2.00 bits per heavy atom. The maximum absolute atomic E-state index is 12.8. The first kappa shape index (κ1) is 18.1. The van der Waals surface area contributed by atoms with Gasteiger partial charge in [0.1, 0.15) is 9.92 Å². The van der Waals surface area contributed by atoms with E-state index in [-0.39, 0.29) is 0 Å². The molecule has 0 aliphatic rings. The standard InChI is InChI=1S/C17H21N3O3S/c1-19-24(23,20(2)3)15-11-9-14(10-12-15)17(22,16(18)21)13-7-5-4-6-8-13/h4-12,22H,1-3H3,(H2,18,21). The number of hydrogen-bond acceptors (Lipinski definition) is 4. The molecule has 0 fully saturated rings. The molecule has 0 radical (unpaired) electrons. The minimum atomic E-state index is -2.71. The largest absolute Gasteiger partial charge is 0.372 e. The number of carbonyl (C=O) groups is 1. The minimum Gasteiger partial charge on any atom is -0.372 e. The Bertz CT molecular complexity index is 841. The van der Waals surface area contributed by atoms with Gasteiger partial charge in [0.2, 0.25) is 0 Å². The molecule has 3 N–H and O–H groups in total. The molecule has 2 aromatic rings. The van der Waals surface area contributed by atoms with E-state index in [1.807, 2.05) is 0 Å². The van der Waals surface area contributed by atoms with E-state index in [4.69, 9.17) is 5.73 Å². The number of aliphatic hydroxyl groups is 1. The van der Waals surface area contributed by atoms with Crippen molar-refractivity contribution in [1.82, 2.24) is 4.31 Å². The lowest BCUT2D eigenvalue weighted by atomic mass is 9.86. The van der Waals surface area contributed by atoms with Crippen LogP contribution in [-0.4, -0.2) is 40.7 Å². The molecule has 128 valence electrons. The Kier molecular flexibility index (Phi) is 5.08. The highest BCUT2D eigenvalue weighted by molar-refractivity contribution is 7.91. The van der Waals surface area contributed by atoms with Crippen LogP contribution in [0, 0.1) is 0 Å².